The SMILES string of the molecule is COc1ccccc1CCC(=O)NCCc1ccc(Cl)cc1. The predicted octanol–water partition coefficient (Wildman–Crippen LogP) is 3.64. The number of ether oxygens (including phenoxy) is 1. The zero-order chi connectivity index (χ0) is 15.8. The highest BCUT2D eigenvalue weighted by Gasteiger charge is 2.06. The predicted molar refractivity (Wildman–Crippen MR) is 89.5 cm³/mol. The molecule has 4 heteroatoms. The zero-order valence-corrected chi connectivity index (χ0v) is 13.4. The Morgan fingerprint density at radius 1 is 1.09 bits per heavy atom. The molecule has 0 atom stereocenters. The van der Waals surface area contributed by atoms with Crippen molar-refractivity contribution in [2.45, 2.75) is 19.3 Å². The summed E-state index contributed by atoms with van der Waals surface area (Å²) in [5, 5.41) is 3.67. The van der Waals surface area contributed by atoms with Gasteiger partial charge >= 0.3 is 0 Å². The molecule has 0 heterocycles. The maximum Gasteiger partial charge on any atom is 0.220 e. The molecule has 0 radical (unpaired) electrons. The van der Waals surface area contributed by atoms with Gasteiger partial charge in [-0.3, -0.25) is 4.79 Å². The minimum Gasteiger partial charge on any atom is -0.496 e. The molecule has 0 bridgehead atoms. The summed E-state index contributed by atoms with van der Waals surface area (Å²) in [5.74, 6) is 0.885. The van der Waals surface area contributed by atoms with E-state index < -0.39 is 0 Å². The van der Waals surface area contributed by atoms with Gasteiger partial charge in [-0.05, 0) is 42.2 Å². The molecule has 0 fully saturated rings. The summed E-state index contributed by atoms with van der Waals surface area (Å²) < 4.78 is 5.28. The van der Waals surface area contributed by atoms with Crippen LogP contribution in [0, 0.1) is 0 Å². The van der Waals surface area contributed by atoms with E-state index in [0.717, 1.165) is 28.3 Å². The lowest BCUT2D eigenvalue weighted by Gasteiger charge is -2.08. The quantitative estimate of drug-likeness (QED) is 0.846. The molecule has 0 spiro atoms. The van der Waals surface area contributed by atoms with E-state index in [1.54, 1.807) is 7.11 Å². The fraction of sp³-hybridized carbons (Fsp3) is 0.278. The normalized spacial score (nSPS) is 10.3. The van der Waals surface area contributed by atoms with E-state index in [1.165, 1.54) is 0 Å². The van der Waals surface area contributed by atoms with Crippen LogP contribution in [0.1, 0.15) is 17.5 Å². The van der Waals surface area contributed by atoms with Gasteiger partial charge in [-0.15, -0.1) is 0 Å². The number of hydrogen-bond donors (Lipinski definition) is 1. The van der Waals surface area contributed by atoms with Crippen molar-refractivity contribution in [2.75, 3.05) is 13.7 Å². The molecule has 0 aliphatic carbocycles. The largest absolute Gasteiger partial charge is 0.496 e. The van der Waals surface area contributed by atoms with Gasteiger partial charge in [0, 0.05) is 18.0 Å². The summed E-state index contributed by atoms with van der Waals surface area (Å²) in [6, 6.07) is 15.5. The third-order valence-electron chi connectivity index (χ3n) is 3.46. The number of nitrogens with one attached hydrogen (secondary N) is 1. The average Bonchev–Trinajstić information content (AvgIpc) is 2.55. The second-order valence-electron chi connectivity index (χ2n) is 5.04. The van der Waals surface area contributed by atoms with Crippen molar-refractivity contribution >= 4 is 17.5 Å². The number of carbonyl (C=O) groups is 1. The molecule has 0 aromatic heterocycles. The Morgan fingerprint density at radius 3 is 2.55 bits per heavy atom. The number of carbonyl (C=O) groups excluding carboxylic acids is 1. The van der Waals surface area contributed by atoms with E-state index in [0.29, 0.717) is 19.4 Å². The highest BCUT2D eigenvalue weighted by atomic mass is 35.5. The maximum atomic E-state index is 11.9. The number of methoxy groups -OCH3 is 1. The van der Waals surface area contributed by atoms with Crippen LogP contribution < -0.4 is 10.1 Å². The fourth-order valence-corrected chi connectivity index (χ4v) is 2.37. The summed E-state index contributed by atoms with van der Waals surface area (Å²) in [4.78, 5) is 11.9. The van der Waals surface area contributed by atoms with Gasteiger partial charge in [0.15, 0.2) is 0 Å². The Bertz CT molecular complexity index is 611. The van der Waals surface area contributed by atoms with Gasteiger partial charge in [0.05, 0.1) is 7.11 Å². The number of hydrogen-bond acceptors (Lipinski definition) is 2. The molecular formula is C18H20ClNO2. The zero-order valence-electron chi connectivity index (χ0n) is 12.6. The van der Waals surface area contributed by atoms with E-state index in [9.17, 15) is 4.79 Å². The van der Waals surface area contributed by atoms with Crippen molar-refractivity contribution in [3.63, 3.8) is 0 Å². The van der Waals surface area contributed by atoms with E-state index in [-0.39, 0.29) is 5.91 Å². The first-order chi connectivity index (χ1) is 10.7. The Labute approximate surface area is 136 Å². The molecule has 1 amide bonds. The van der Waals surface area contributed by atoms with Gasteiger partial charge in [-0.2, -0.15) is 0 Å². The molecule has 3 nitrogen and oxygen atoms in total. The van der Waals surface area contributed by atoms with Crippen molar-refractivity contribution in [1.82, 2.24) is 5.32 Å². The van der Waals surface area contributed by atoms with Crippen LogP contribution in [0.15, 0.2) is 48.5 Å². The van der Waals surface area contributed by atoms with Crippen LogP contribution in [0.25, 0.3) is 0 Å². The molecule has 2 aromatic carbocycles. The monoisotopic (exact) mass is 317 g/mol. The molecule has 2 aromatic rings. The minimum absolute atomic E-state index is 0.0554. The Hall–Kier alpha value is -2.00. The molecule has 0 saturated carbocycles. The molecule has 0 unspecified atom stereocenters. The summed E-state index contributed by atoms with van der Waals surface area (Å²) in [6.07, 6.45) is 1.94. The van der Waals surface area contributed by atoms with Crippen LogP contribution in [0.5, 0.6) is 5.75 Å². The van der Waals surface area contributed by atoms with Crippen molar-refractivity contribution in [3.8, 4) is 5.75 Å². The van der Waals surface area contributed by atoms with E-state index in [4.69, 9.17) is 16.3 Å². The first-order valence-electron chi connectivity index (χ1n) is 7.32. The fourth-order valence-electron chi connectivity index (χ4n) is 2.24. The van der Waals surface area contributed by atoms with Crippen LogP contribution >= 0.6 is 11.6 Å². The van der Waals surface area contributed by atoms with E-state index >= 15 is 0 Å². The van der Waals surface area contributed by atoms with Crippen molar-refractivity contribution in [1.29, 1.82) is 0 Å². The molecule has 1 N–H and O–H groups in total. The minimum atomic E-state index is 0.0554. The van der Waals surface area contributed by atoms with E-state index in [2.05, 4.69) is 5.32 Å². The summed E-state index contributed by atoms with van der Waals surface area (Å²) >= 11 is 5.84. The van der Waals surface area contributed by atoms with Gasteiger partial charge < -0.3 is 10.1 Å². The molecule has 2 rings (SSSR count). The summed E-state index contributed by atoms with van der Waals surface area (Å²) in [6.45, 7) is 0.631. The van der Waals surface area contributed by atoms with Crippen LogP contribution in [-0.4, -0.2) is 19.6 Å². The summed E-state index contributed by atoms with van der Waals surface area (Å²) in [5.41, 5.74) is 2.22. The molecule has 0 saturated heterocycles. The number of para-hydroxylation sites is 1. The van der Waals surface area contributed by atoms with Gasteiger partial charge in [0.25, 0.3) is 0 Å². The highest BCUT2D eigenvalue weighted by molar-refractivity contribution is 6.30. The third kappa shape index (κ3) is 5.08. The Kier molecular flexibility index (Phi) is 6.28. The van der Waals surface area contributed by atoms with Gasteiger partial charge in [-0.25, -0.2) is 0 Å². The number of rotatable bonds is 7. The lowest BCUT2D eigenvalue weighted by molar-refractivity contribution is -0.121. The maximum absolute atomic E-state index is 11.9. The molecular weight excluding hydrogens is 298 g/mol. The number of benzene rings is 2. The topological polar surface area (TPSA) is 38.3 Å². The lowest BCUT2D eigenvalue weighted by atomic mass is 10.1. The second-order valence-corrected chi connectivity index (χ2v) is 5.47. The lowest BCUT2D eigenvalue weighted by Crippen LogP contribution is -2.25. The number of aryl methyl sites for hydroxylation is 1. The first kappa shape index (κ1) is 16.4. The van der Waals surface area contributed by atoms with Crippen LogP contribution in [0.3, 0.4) is 0 Å². The standard InChI is InChI=1S/C18H20ClNO2/c1-22-17-5-3-2-4-15(17)8-11-18(21)20-13-12-14-6-9-16(19)10-7-14/h2-7,9-10H,8,11-13H2,1H3,(H,20,21). The van der Waals surface area contributed by atoms with Crippen molar-refractivity contribution < 1.29 is 9.53 Å². The average molecular weight is 318 g/mol. The second kappa shape index (κ2) is 8.44. The van der Waals surface area contributed by atoms with Crippen LogP contribution in [0.2, 0.25) is 5.02 Å². The number of halogens is 1. The number of amides is 1. The van der Waals surface area contributed by atoms with Crippen LogP contribution in [-0.2, 0) is 17.6 Å². The van der Waals surface area contributed by atoms with Crippen molar-refractivity contribution in [2.24, 2.45) is 0 Å². The van der Waals surface area contributed by atoms with Gasteiger partial charge in [-0.1, -0.05) is 41.9 Å². The van der Waals surface area contributed by atoms with Crippen LogP contribution in [0.4, 0.5) is 0 Å². The van der Waals surface area contributed by atoms with E-state index in [1.807, 2.05) is 48.5 Å². The third-order valence-corrected chi connectivity index (χ3v) is 3.72. The van der Waals surface area contributed by atoms with Gasteiger partial charge in [0.2, 0.25) is 5.91 Å². The highest BCUT2D eigenvalue weighted by Crippen LogP contribution is 2.18. The van der Waals surface area contributed by atoms with Crippen molar-refractivity contribution in [3.05, 3.63) is 64.7 Å². The first-order valence-corrected chi connectivity index (χ1v) is 7.70. The Balaban J connectivity index is 1.73. The Morgan fingerprint density at radius 2 is 1.82 bits per heavy atom. The summed E-state index contributed by atoms with van der Waals surface area (Å²) in [7, 11) is 1.64. The smallest absolute Gasteiger partial charge is 0.220 e. The van der Waals surface area contributed by atoms with Gasteiger partial charge in [0.1, 0.15) is 5.75 Å². The molecule has 0 aliphatic heterocycles. The molecule has 116 valence electrons. The molecule has 22 heavy (non-hydrogen) atoms. The molecule has 0 aliphatic rings.